The van der Waals surface area contributed by atoms with E-state index in [9.17, 15) is 14.9 Å². The molecule has 86 valence electrons. The van der Waals surface area contributed by atoms with Crippen LogP contribution in [-0.4, -0.2) is 26.2 Å². The molecule has 0 fully saturated rings. The number of aromatic nitrogens is 3. The van der Waals surface area contributed by atoms with Crippen LogP contribution in [0.1, 0.15) is 16.1 Å². The van der Waals surface area contributed by atoms with Crippen LogP contribution in [-0.2, 0) is 0 Å². The number of hydrogen-bond donors (Lipinski definition) is 0. The topological polar surface area (TPSA) is 90.9 Å². The van der Waals surface area contributed by atoms with Crippen molar-refractivity contribution in [3.05, 3.63) is 45.8 Å². The lowest BCUT2D eigenvalue weighted by Gasteiger charge is -2.01. The molecule has 2 rings (SSSR count). The van der Waals surface area contributed by atoms with E-state index in [2.05, 4.69) is 10.3 Å². The smallest absolute Gasteiger partial charge is 0.274 e. The number of hydrogen-bond acceptors (Lipinski definition) is 5. The average molecular weight is 232 g/mol. The predicted octanol–water partition coefficient (Wildman–Crippen LogP) is 1.30. The molecular formula is C10H8N4O3. The summed E-state index contributed by atoms with van der Waals surface area (Å²) in [6.45, 7) is 1.65. The molecule has 7 nitrogen and oxygen atoms in total. The van der Waals surface area contributed by atoms with E-state index < -0.39 is 4.92 Å². The lowest BCUT2D eigenvalue weighted by atomic mass is 10.2. The van der Waals surface area contributed by atoms with E-state index in [0.717, 1.165) is 0 Å². The minimum atomic E-state index is -0.462. The Labute approximate surface area is 95.8 Å². The van der Waals surface area contributed by atoms with Gasteiger partial charge in [0.1, 0.15) is 5.69 Å². The maximum atomic E-state index is 10.8. The van der Waals surface area contributed by atoms with E-state index in [4.69, 9.17) is 0 Å². The largest absolute Gasteiger partial charge is 0.296 e. The van der Waals surface area contributed by atoms with Crippen molar-refractivity contribution < 1.29 is 9.72 Å². The highest BCUT2D eigenvalue weighted by Gasteiger charge is 2.12. The summed E-state index contributed by atoms with van der Waals surface area (Å²) in [5, 5.41) is 18.1. The van der Waals surface area contributed by atoms with Crippen LogP contribution in [0, 0.1) is 17.0 Å². The van der Waals surface area contributed by atoms with Crippen molar-refractivity contribution in [2.45, 2.75) is 6.92 Å². The Balaban J connectivity index is 2.49. The molecule has 1 aromatic carbocycles. The molecule has 0 radical (unpaired) electrons. The zero-order valence-corrected chi connectivity index (χ0v) is 8.90. The van der Waals surface area contributed by atoms with Gasteiger partial charge in [0.25, 0.3) is 5.69 Å². The minimum Gasteiger partial charge on any atom is -0.296 e. The first-order chi connectivity index (χ1) is 8.11. The number of rotatable bonds is 3. The Bertz CT molecular complexity index is 591. The van der Waals surface area contributed by atoms with E-state index in [-0.39, 0.29) is 11.4 Å². The second-order valence-electron chi connectivity index (χ2n) is 3.43. The Morgan fingerprint density at radius 3 is 2.82 bits per heavy atom. The van der Waals surface area contributed by atoms with Crippen molar-refractivity contribution in [3.63, 3.8) is 0 Å². The fraction of sp³-hybridized carbons (Fsp3) is 0.100. The lowest BCUT2D eigenvalue weighted by Crippen LogP contribution is -1.98. The SMILES string of the molecule is Cc1ccc(-n2cc(C=O)nn2)cc1[N+](=O)[O-]. The van der Waals surface area contributed by atoms with Crippen LogP contribution in [0.5, 0.6) is 0 Å². The van der Waals surface area contributed by atoms with Crippen molar-refractivity contribution in [3.8, 4) is 5.69 Å². The van der Waals surface area contributed by atoms with Gasteiger partial charge >= 0.3 is 0 Å². The number of nitro benzene ring substituents is 1. The van der Waals surface area contributed by atoms with Crippen molar-refractivity contribution in [2.75, 3.05) is 0 Å². The first-order valence-electron chi connectivity index (χ1n) is 4.75. The van der Waals surface area contributed by atoms with E-state index in [0.29, 0.717) is 17.5 Å². The van der Waals surface area contributed by atoms with Gasteiger partial charge in [0, 0.05) is 11.6 Å². The Kier molecular flexibility index (Phi) is 2.65. The third kappa shape index (κ3) is 2.03. The summed E-state index contributed by atoms with van der Waals surface area (Å²) >= 11 is 0. The number of nitrogens with zero attached hydrogens (tertiary/aromatic N) is 4. The van der Waals surface area contributed by atoms with Gasteiger partial charge in [0.05, 0.1) is 16.8 Å². The van der Waals surface area contributed by atoms with Gasteiger partial charge in [-0.2, -0.15) is 0 Å². The molecule has 0 aliphatic carbocycles. The first kappa shape index (κ1) is 10.9. The minimum absolute atomic E-state index is 0.00523. The molecule has 0 spiro atoms. The predicted molar refractivity (Wildman–Crippen MR) is 58.1 cm³/mol. The molecule has 0 unspecified atom stereocenters. The van der Waals surface area contributed by atoms with Crippen molar-refractivity contribution in [1.29, 1.82) is 0 Å². The third-order valence-electron chi connectivity index (χ3n) is 2.29. The van der Waals surface area contributed by atoms with Crippen LogP contribution in [0.25, 0.3) is 5.69 Å². The summed E-state index contributed by atoms with van der Waals surface area (Å²) in [5.74, 6) is 0. The van der Waals surface area contributed by atoms with Gasteiger partial charge in [-0.1, -0.05) is 11.3 Å². The molecule has 0 saturated heterocycles. The summed E-state index contributed by atoms with van der Waals surface area (Å²) in [4.78, 5) is 20.8. The fourth-order valence-corrected chi connectivity index (χ4v) is 1.39. The summed E-state index contributed by atoms with van der Waals surface area (Å²) in [7, 11) is 0. The number of benzene rings is 1. The number of carbonyl (C=O) groups is 1. The summed E-state index contributed by atoms with van der Waals surface area (Å²) < 4.78 is 1.32. The second-order valence-corrected chi connectivity index (χ2v) is 3.43. The van der Waals surface area contributed by atoms with Crippen molar-refractivity contribution in [2.24, 2.45) is 0 Å². The van der Waals surface area contributed by atoms with Gasteiger partial charge in [-0.05, 0) is 13.0 Å². The summed E-state index contributed by atoms with van der Waals surface area (Å²) in [5.41, 5.74) is 1.23. The molecule has 7 heteroatoms. The molecule has 0 amide bonds. The van der Waals surface area contributed by atoms with E-state index in [1.807, 2.05) is 0 Å². The van der Waals surface area contributed by atoms with Crippen LogP contribution < -0.4 is 0 Å². The van der Waals surface area contributed by atoms with Crippen molar-refractivity contribution in [1.82, 2.24) is 15.0 Å². The second kappa shape index (κ2) is 4.12. The van der Waals surface area contributed by atoms with E-state index in [1.165, 1.54) is 16.9 Å². The van der Waals surface area contributed by atoms with Crippen LogP contribution in [0.3, 0.4) is 0 Å². The van der Waals surface area contributed by atoms with Gasteiger partial charge in [-0.25, -0.2) is 4.68 Å². The van der Waals surface area contributed by atoms with Gasteiger partial charge < -0.3 is 0 Å². The van der Waals surface area contributed by atoms with Crippen LogP contribution in [0.2, 0.25) is 0 Å². The average Bonchev–Trinajstić information content (AvgIpc) is 2.78. The molecule has 0 saturated carbocycles. The number of aldehydes is 1. The van der Waals surface area contributed by atoms with E-state index >= 15 is 0 Å². The molecule has 0 aliphatic heterocycles. The zero-order valence-electron chi connectivity index (χ0n) is 8.90. The number of aryl methyl sites for hydroxylation is 1. The van der Waals surface area contributed by atoms with Gasteiger partial charge in [0.15, 0.2) is 6.29 Å². The number of nitro groups is 1. The highest BCUT2D eigenvalue weighted by atomic mass is 16.6. The van der Waals surface area contributed by atoms with Crippen molar-refractivity contribution >= 4 is 12.0 Å². The molecule has 1 aromatic heterocycles. The third-order valence-corrected chi connectivity index (χ3v) is 2.29. The Hall–Kier alpha value is -2.57. The molecule has 0 aliphatic rings. The molecule has 0 bridgehead atoms. The molecule has 17 heavy (non-hydrogen) atoms. The highest BCUT2D eigenvalue weighted by molar-refractivity contribution is 5.70. The van der Waals surface area contributed by atoms with Crippen LogP contribution in [0.4, 0.5) is 5.69 Å². The molecule has 0 N–H and O–H groups in total. The monoisotopic (exact) mass is 232 g/mol. The van der Waals surface area contributed by atoms with Gasteiger partial charge in [0.2, 0.25) is 0 Å². The molecular weight excluding hydrogens is 224 g/mol. The molecule has 2 aromatic rings. The maximum Gasteiger partial charge on any atom is 0.274 e. The normalized spacial score (nSPS) is 10.2. The first-order valence-corrected chi connectivity index (χ1v) is 4.75. The molecule has 0 atom stereocenters. The summed E-state index contributed by atoms with van der Waals surface area (Å²) in [6, 6.07) is 4.68. The summed E-state index contributed by atoms with van der Waals surface area (Å²) in [6.07, 6.45) is 1.97. The fourth-order valence-electron chi connectivity index (χ4n) is 1.39. The van der Waals surface area contributed by atoms with E-state index in [1.54, 1.807) is 19.1 Å². The Morgan fingerprint density at radius 2 is 2.24 bits per heavy atom. The van der Waals surface area contributed by atoms with Gasteiger partial charge in [-0.3, -0.25) is 14.9 Å². The standard InChI is InChI=1S/C10H8N4O3/c1-7-2-3-9(4-10(7)14(16)17)13-5-8(6-15)11-12-13/h2-6H,1H3. The molecule has 1 heterocycles. The zero-order chi connectivity index (χ0) is 12.4. The number of carbonyl (C=O) groups excluding carboxylic acids is 1. The maximum absolute atomic E-state index is 10.8. The highest BCUT2D eigenvalue weighted by Crippen LogP contribution is 2.21. The Morgan fingerprint density at radius 1 is 1.47 bits per heavy atom. The van der Waals surface area contributed by atoms with Crippen LogP contribution >= 0.6 is 0 Å². The van der Waals surface area contributed by atoms with Crippen LogP contribution in [0.15, 0.2) is 24.4 Å². The van der Waals surface area contributed by atoms with Gasteiger partial charge in [-0.15, -0.1) is 5.10 Å². The quantitative estimate of drug-likeness (QED) is 0.451. The lowest BCUT2D eigenvalue weighted by molar-refractivity contribution is -0.385.